The number of anilines is 1. The van der Waals surface area contributed by atoms with Crippen LogP contribution in [0.4, 0.5) is 6.01 Å². The van der Waals surface area contributed by atoms with Crippen LogP contribution in [0.2, 0.25) is 0 Å². The third kappa shape index (κ3) is 6.08. The monoisotopic (exact) mass is 293 g/mol. The number of nitrogens with one attached hydrogen (secondary N) is 1. The molecule has 120 valence electrons. The summed E-state index contributed by atoms with van der Waals surface area (Å²) in [6, 6.07) is 1.51. The number of aromatic nitrogens is 1. The third-order valence-corrected chi connectivity index (χ3v) is 3.91. The fraction of sp³-hybridized carbons (Fsp3) is 0.824. The molecule has 1 saturated carbocycles. The first-order chi connectivity index (χ1) is 10.0. The zero-order valence-corrected chi connectivity index (χ0v) is 14.1. The Morgan fingerprint density at radius 1 is 1.19 bits per heavy atom. The van der Waals surface area contributed by atoms with E-state index >= 15 is 0 Å². The number of hydrogen-bond donors (Lipinski definition) is 1. The summed E-state index contributed by atoms with van der Waals surface area (Å²) in [6.45, 7) is 11.9. The predicted molar refractivity (Wildman–Crippen MR) is 87.5 cm³/mol. The molecule has 0 unspecified atom stereocenters. The lowest BCUT2D eigenvalue weighted by atomic mass is 10.1. The predicted octanol–water partition coefficient (Wildman–Crippen LogP) is 3.83. The highest BCUT2D eigenvalue weighted by Crippen LogP contribution is 2.21. The van der Waals surface area contributed by atoms with Crippen LogP contribution in [0.3, 0.4) is 0 Å². The Hall–Kier alpha value is -1.03. The molecule has 0 bridgehead atoms. The highest BCUT2D eigenvalue weighted by Gasteiger charge is 2.21. The first-order valence-corrected chi connectivity index (χ1v) is 8.47. The molecule has 1 aliphatic rings. The van der Waals surface area contributed by atoms with Crippen LogP contribution in [0.1, 0.15) is 59.1 Å². The molecule has 1 aromatic heterocycles. The Balaban J connectivity index is 1.89. The molecular weight excluding hydrogens is 262 g/mol. The van der Waals surface area contributed by atoms with Crippen molar-refractivity contribution in [1.29, 1.82) is 0 Å². The second kappa shape index (κ2) is 7.83. The highest BCUT2D eigenvalue weighted by atomic mass is 16.4. The Morgan fingerprint density at radius 2 is 1.81 bits per heavy atom. The Kier molecular flexibility index (Phi) is 6.09. The van der Waals surface area contributed by atoms with Crippen molar-refractivity contribution in [3.63, 3.8) is 0 Å². The third-order valence-electron chi connectivity index (χ3n) is 3.91. The quantitative estimate of drug-likeness (QED) is 0.712. The van der Waals surface area contributed by atoms with Gasteiger partial charge in [-0.1, -0.05) is 27.7 Å². The minimum absolute atomic E-state index is 0.706. The minimum Gasteiger partial charge on any atom is -0.432 e. The SMILES string of the molecule is CC(C)CCN(CCC(C)C)c1nc(CNC2CC2)co1. The van der Waals surface area contributed by atoms with Crippen LogP contribution in [-0.4, -0.2) is 24.1 Å². The van der Waals surface area contributed by atoms with E-state index in [1.165, 1.54) is 25.7 Å². The van der Waals surface area contributed by atoms with Gasteiger partial charge in [0.15, 0.2) is 0 Å². The van der Waals surface area contributed by atoms with E-state index in [9.17, 15) is 0 Å². The summed E-state index contributed by atoms with van der Waals surface area (Å²) in [4.78, 5) is 6.97. The molecule has 1 aromatic rings. The molecule has 0 spiro atoms. The van der Waals surface area contributed by atoms with Crippen LogP contribution in [0.5, 0.6) is 0 Å². The molecule has 2 rings (SSSR count). The summed E-state index contributed by atoms with van der Waals surface area (Å²) in [7, 11) is 0. The molecule has 0 amide bonds. The van der Waals surface area contributed by atoms with Crippen molar-refractivity contribution in [3.05, 3.63) is 12.0 Å². The van der Waals surface area contributed by atoms with Gasteiger partial charge in [-0.15, -0.1) is 0 Å². The van der Waals surface area contributed by atoms with E-state index in [1.807, 2.05) is 6.26 Å². The molecule has 1 heterocycles. The van der Waals surface area contributed by atoms with Gasteiger partial charge in [0.25, 0.3) is 6.01 Å². The van der Waals surface area contributed by atoms with Gasteiger partial charge in [0.05, 0.1) is 5.69 Å². The van der Waals surface area contributed by atoms with E-state index in [-0.39, 0.29) is 0 Å². The van der Waals surface area contributed by atoms with Crippen LogP contribution >= 0.6 is 0 Å². The van der Waals surface area contributed by atoms with Gasteiger partial charge in [0.1, 0.15) is 6.26 Å². The molecule has 1 fully saturated rings. The topological polar surface area (TPSA) is 41.3 Å². The van der Waals surface area contributed by atoms with Crippen LogP contribution in [-0.2, 0) is 6.54 Å². The lowest BCUT2D eigenvalue weighted by molar-refractivity contribution is 0.484. The fourth-order valence-electron chi connectivity index (χ4n) is 2.19. The normalized spacial score (nSPS) is 15.1. The van der Waals surface area contributed by atoms with Crippen LogP contribution in [0.15, 0.2) is 10.7 Å². The van der Waals surface area contributed by atoms with Gasteiger partial charge in [-0.2, -0.15) is 4.98 Å². The molecule has 21 heavy (non-hydrogen) atoms. The van der Waals surface area contributed by atoms with Gasteiger partial charge >= 0.3 is 0 Å². The Morgan fingerprint density at radius 3 is 2.33 bits per heavy atom. The van der Waals surface area contributed by atoms with Crippen molar-refractivity contribution in [1.82, 2.24) is 10.3 Å². The molecule has 0 aliphatic heterocycles. The molecule has 0 aromatic carbocycles. The zero-order chi connectivity index (χ0) is 15.2. The molecule has 0 saturated heterocycles. The first-order valence-electron chi connectivity index (χ1n) is 8.47. The lowest BCUT2D eigenvalue weighted by Gasteiger charge is -2.22. The summed E-state index contributed by atoms with van der Waals surface area (Å²) >= 11 is 0. The van der Waals surface area contributed by atoms with Gasteiger partial charge in [-0.05, 0) is 37.5 Å². The molecule has 1 N–H and O–H groups in total. The van der Waals surface area contributed by atoms with Gasteiger partial charge in [0.2, 0.25) is 0 Å². The molecule has 0 radical (unpaired) electrons. The van der Waals surface area contributed by atoms with Crippen molar-refractivity contribution in [2.45, 2.75) is 66.0 Å². The summed E-state index contributed by atoms with van der Waals surface area (Å²) in [5.74, 6) is 1.41. The number of hydrogen-bond acceptors (Lipinski definition) is 4. The molecule has 4 heteroatoms. The number of oxazole rings is 1. The van der Waals surface area contributed by atoms with Gasteiger partial charge in [0, 0.05) is 25.7 Å². The maximum atomic E-state index is 5.72. The van der Waals surface area contributed by atoms with E-state index in [4.69, 9.17) is 4.42 Å². The zero-order valence-electron chi connectivity index (χ0n) is 14.1. The van der Waals surface area contributed by atoms with E-state index < -0.39 is 0 Å². The van der Waals surface area contributed by atoms with Crippen LogP contribution < -0.4 is 10.2 Å². The molecule has 1 aliphatic carbocycles. The van der Waals surface area contributed by atoms with Crippen molar-refractivity contribution >= 4 is 6.01 Å². The Labute approximate surface area is 129 Å². The molecule has 0 atom stereocenters. The lowest BCUT2D eigenvalue weighted by Crippen LogP contribution is -2.28. The summed E-state index contributed by atoms with van der Waals surface area (Å²) in [5, 5.41) is 3.48. The van der Waals surface area contributed by atoms with Crippen LogP contribution in [0, 0.1) is 11.8 Å². The largest absolute Gasteiger partial charge is 0.432 e. The summed E-state index contributed by atoms with van der Waals surface area (Å²) in [6.07, 6.45) is 6.77. The maximum Gasteiger partial charge on any atom is 0.297 e. The summed E-state index contributed by atoms with van der Waals surface area (Å²) in [5.41, 5.74) is 1.02. The van der Waals surface area contributed by atoms with E-state index in [1.54, 1.807) is 0 Å². The molecule has 4 nitrogen and oxygen atoms in total. The second-order valence-corrected chi connectivity index (χ2v) is 7.13. The van der Waals surface area contributed by atoms with Crippen LogP contribution in [0.25, 0.3) is 0 Å². The van der Waals surface area contributed by atoms with Crippen molar-refractivity contribution in [2.24, 2.45) is 11.8 Å². The van der Waals surface area contributed by atoms with Crippen molar-refractivity contribution in [3.8, 4) is 0 Å². The van der Waals surface area contributed by atoms with Gasteiger partial charge in [-0.25, -0.2) is 0 Å². The smallest absolute Gasteiger partial charge is 0.297 e. The molecular formula is C17H31N3O. The average Bonchev–Trinajstić information content (AvgIpc) is 3.14. The number of rotatable bonds is 10. The van der Waals surface area contributed by atoms with Gasteiger partial charge < -0.3 is 14.6 Å². The number of nitrogens with zero attached hydrogens (tertiary/aromatic N) is 2. The van der Waals surface area contributed by atoms with E-state index in [0.29, 0.717) is 17.9 Å². The van der Waals surface area contributed by atoms with Gasteiger partial charge in [-0.3, -0.25) is 0 Å². The van der Waals surface area contributed by atoms with Crippen molar-refractivity contribution < 1.29 is 4.42 Å². The minimum atomic E-state index is 0.706. The standard InChI is InChI=1S/C17H31N3O/c1-13(2)7-9-20(10-8-14(3)4)17-19-16(12-21-17)11-18-15-5-6-15/h12-15,18H,5-11H2,1-4H3. The highest BCUT2D eigenvalue weighted by molar-refractivity contribution is 5.26. The maximum absolute atomic E-state index is 5.72. The summed E-state index contributed by atoms with van der Waals surface area (Å²) < 4.78 is 5.72. The second-order valence-electron chi connectivity index (χ2n) is 7.13. The van der Waals surface area contributed by atoms with E-state index in [0.717, 1.165) is 31.3 Å². The Bertz CT molecular complexity index is 398. The fourth-order valence-corrected chi connectivity index (χ4v) is 2.19. The van der Waals surface area contributed by atoms with Crippen molar-refractivity contribution in [2.75, 3.05) is 18.0 Å². The van der Waals surface area contributed by atoms with E-state index in [2.05, 4.69) is 42.9 Å². The first kappa shape index (κ1) is 16.3. The average molecular weight is 293 g/mol.